The molecular formula is C17H19FN2O2. The number of hydrogen-bond donors (Lipinski definition) is 3. The van der Waals surface area contributed by atoms with E-state index in [-0.39, 0.29) is 6.54 Å². The van der Waals surface area contributed by atoms with Gasteiger partial charge in [-0.15, -0.1) is 0 Å². The topological polar surface area (TPSA) is 61.4 Å². The molecule has 0 radical (unpaired) electrons. The van der Waals surface area contributed by atoms with E-state index in [0.717, 1.165) is 11.1 Å². The zero-order valence-electron chi connectivity index (χ0n) is 12.3. The molecule has 0 heterocycles. The smallest absolute Gasteiger partial charge is 0.319 e. The Morgan fingerprint density at radius 2 is 1.95 bits per heavy atom. The summed E-state index contributed by atoms with van der Waals surface area (Å²) >= 11 is 0. The first-order valence-corrected chi connectivity index (χ1v) is 7.07. The zero-order chi connectivity index (χ0) is 15.9. The van der Waals surface area contributed by atoms with Crippen LogP contribution in [0.1, 0.15) is 11.1 Å². The molecule has 0 bridgehead atoms. The molecule has 22 heavy (non-hydrogen) atoms. The van der Waals surface area contributed by atoms with Gasteiger partial charge in [0.05, 0.1) is 6.10 Å². The highest BCUT2D eigenvalue weighted by Crippen LogP contribution is 2.15. The van der Waals surface area contributed by atoms with Gasteiger partial charge in [0.2, 0.25) is 0 Å². The number of carbonyl (C=O) groups is 1. The highest BCUT2D eigenvalue weighted by molar-refractivity contribution is 5.90. The van der Waals surface area contributed by atoms with E-state index in [9.17, 15) is 14.3 Å². The van der Waals surface area contributed by atoms with Crippen LogP contribution in [0.5, 0.6) is 0 Å². The summed E-state index contributed by atoms with van der Waals surface area (Å²) in [5, 5.41) is 15.1. The summed E-state index contributed by atoms with van der Waals surface area (Å²) in [5.74, 6) is -0.412. The molecule has 116 valence electrons. The molecular weight excluding hydrogens is 283 g/mol. The molecule has 5 heteroatoms. The number of aliphatic hydroxyl groups is 1. The van der Waals surface area contributed by atoms with Crippen LogP contribution in [-0.2, 0) is 6.42 Å². The van der Waals surface area contributed by atoms with E-state index in [1.807, 2.05) is 30.3 Å². The van der Waals surface area contributed by atoms with Gasteiger partial charge in [-0.25, -0.2) is 9.18 Å². The van der Waals surface area contributed by atoms with Gasteiger partial charge in [0.15, 0.2) is 0 Å². The summed E-state index contributed by atoms with van der Waals surface area (Å²) in [6.07, 6.45) is -0.220. The number of anilines is 1. The summed E-state index contributed by atoms with van der Waals surface area (Å²) in [6.45, 7) is 1.90. The summed E-state index contributed by atoms with van der Waals surface area (Å²) in [7, 11) is 0. The maximum atomic E-state index is 13.1. The fourth-order valence-corrected chi connectivity index (χ4v) is 2.06. The zero-order valence-corrected chi connectivity index (χ0v) is 12.3. The fourth-order valence-electron chi connectivity index (χ4n) is 2.06. The first kappa shape index (κ1) is 16.0. The van der Waals surface area contributed by atoms with Crippen LogP contribution in [0.2, 0.25) is 0 Å². The van der Waals surface area contributed by atoms with Crippen molar-refractivity contribution in [3.63, 3.8) is 0 Å². The summed E-state index contributed by atoms with van der Waals surface area (Å²) in [4.78, 5) is 11.8. The van der Waals surface area contributed by atoms with Crippen molar-refractivity contribution in [3.8, 4) is 0 Å². The Labute approximate surface area is 129 Å². The Hall–Kier alpha value is -2.40. The lowest BCUT2D eigenvalue weighted by Gasteiger charge is -2.13. The largest absolute Gasteiger partial charge is 0.391 e. The molecule has 0 aromatic heterocycles. The van der Waals surface area contributed by atoms with Crippen molar-refractivity contribution in [2.24, 2.45) is 0 Å². The first-order chi connectivity index (χ1) is 10.5. The standard InChI is InChI=1S/C17H19FN2O2/c1-12-7-8-14(18)10-16(12)20-17(22)19-11-15(21)9-13-5-3-2-4-6-13/h2-8,10,15,21H,9,11H2,1H3,(H2,19,20,22). The number of benzene rings is 2. The van der Waals surface area contributed by atoms with Crippen LogP contribution < -0.4 is 10.6 Å². The van der Waals surface area contributed by atoms with Gasteiger partial charge in [-0.2, -0.15) is 0 Å². The van der Waals surface area contributed by atoms with E-state index in [1.165, 1.54) is 12.1 Å². The molecule has 1 atom stereocenters. The number of aliphatic hydroxyl groups excluding tert-OH is 1. The lowest BCUT2D eigenvalue weighted by Crippen LogP contribution is -2.36. The molecule has 4 nitrogen and oxygen atoms in total. The number of hydrogen-bond acceptors (Lipinski definition) is 2. The van der Waals surface area contributed by atoms with Crippen molar-refractivity contribution >= 4 is 11.7 Å². The van der Waals surface area contributed by atoms with Gasteiger partial charge in [-0.1, -0.05) is 36.4 Å². The Morgan fingerprint density at radius 3 is 2.68 bits per heavy atom. The van der Waals surface area contributed by atoms with Crippen molar-refractivity contribution in [1.82, 2.24) is 5.32 Å². The van der Waals surface area contributed by atoms with E-state index in [1.54, 1.807) is 13.0 Å². The number of nitrogens with one attached hydrogen (secondary N) is 2. The maximum absolute atomic E-state index is 13.1. The van der Waals surface area contributed by atoms with E-state index < -0.39 is 18.0 Å². The van der Waals surface area contributed by atoms with Crippen LogP contribution in [0.3, 0.4) is 0 Å². The van der Waals surface area contributed by atoms with Crippen LogP contribution in [0, 0.1) is 12.7 Å². The third kappa shape index (κ3) is 4.86. The molecule has 1 unspecified atom stereocenters. The Kier molecular flexibility index (Phi) is 5.49. The summed E-state index contributed by atoms with van der Waals surface area (Å²) in [6, 6.07) is 13.2. The van der Waals surface area contributed by atoms with Gasteiger partial charge in [-0.3, -0.25) is 0 Å². The summed E-state index contributed by atoms with van der Waals surface area (Å²) in [5.41, 5.74) is 2.18. The SMILES string of the molecule is Cc1ccc(F)cc1NC(=O)NCC(O)Cc1ccccc1. The van der Waals surface area contributed by atoms with Crippen LogP contribution >= 0.6 is 0 Å². The van der Waals surface area contributed by atoms with Crippen LogP contribution in [-0.4, -0.2) is 23.8 Å². The Balaban J connectivity index is 1.81. The van der Waals surface area contributed by atoms with Gasteiger partial charge >= 0.3 is 6.03 Å². The molecule has 0 saturated carbocycles. The normalized spacial score (nSPS) is 11.8. The number of rotatable bonds is 5. The van der Waals surface area contributed by atoms with E-state index >= 15 is 0 Å². The van der Waals surface area contributed by atoms with Gasteiger partial charge in [-0.05, 0) is 30.2 Å². The second kappa shape index (κ2) is 7.56. The fraction of sp³-hybridized carbons (Fsp3) is 0.235. The molecule has 0 aliphatic rings. The average Bonchev–Trinajstić information content (AvgIpc) is 2.50. The van der Waals surface area contributed by atoms with Gasteiger partial charge in [0.1, 0.15) is 5.82 Å². The number of halogens is 1. The van der Waals surface area contributed by atoms with Crippen molar-refractivity contribution in [3.05, 3.63) is 65.5 Å². The molecule has 0 aliphatic heterocycles. The maximum Gasteiger partial charge on any atom is 0.319 e. The minimum absolute atomic E-state index is 0.120. The Morgan fingerprint density at radius 1 is 1.23 bits per heavy atom. The number of urea groups is 1. The Bertz CT molecular complexity index is 632. The number of amides is 2. The van der Waals surface area contributed by atoms with E-state index in [4.69, 9.17) is 0 Å². The van der Waals surface area contributed by atoms with Gasteiger partial charge in [0.25, 0.3) is 0 Å². The predicted octanol–water partition coefficient (Wildman–Crippen LogP) is 2.86. The van der Waals surface area contributed by atoms with Crippen LogP contribution in [0.4, 0.5) is 14.9 Å². The molecule has 2 aromatic rings. The number of aryl methyl sites for hydroxylation is 1. The molecule has 3 N–H and O–H groups in total. The van der Waals surface area contributed by atoms with E-state index in [2.05, 4.69) is 10.6 Å². The monoisotopic (exact) mass is 302 g/mol. The summed E-state index contributed by atoms with van der Waals surface area (Å²) < 4.78 is 13.1. The van der Waals surface area contributed by atoms with Gasteiger partial charge in [0, 0.05) is 18.7 Å². The number of carbonyl (C=O) groups excluding carboxylic acids is 1. The molecule has 0 fully saturated rings. The minimum Gasteiger partial charge on any atom is -0.391 e. The van der Waals surface area contributed by atoms with Crippen LogP contribution in [0.15, 0.2) is 48.5 Å². The molecule has 2 rings (SSSR count). The van der Waals surface area contributed by atoms with E-state index in [0.29, 0.717) is 12.1 Å². The van der Waals surface area contributed by atoms with Crippen molar-refractivity contribution < 1.29 is 14.3 Å². The molecule has 0 aliphatic carbocycles. The molecule has 2 aromatic carbocycles. The molecule has 0 spiro atoms. The van der Waals surface area contributed by atoms with Crippen molar-refractivity contribution in [2.45, 2.75) is 19.4 Å². The third-order valence-electron chi connectivity index (χ3n) is 3.26. The quantitative estimate of drug-likeness (QED) is 0.795. The molecule has 0 saturated heterocycles. The average molecular weight is 302 g/mol. The lowest BCUT2D eigenvalue weighted by molar-refractivity contribution is 0.172. The third-order valence-corrected chi connectivity index (χ3v) is 3.26. The van der Waals surface area contributed by atoms with Crippen molar-refractivity contribution in [2.75, 3.05) is 11.9 Å². The molecule has 2 amide bonds. The van der Waals surface area contributed by atoms with Crippen LogP contribution in [0.25, 0.3) is 0 Å². The first-order valence-electron chi connectivity index (χ1n) is 7.07. The van der Waals surface area contributed by atoms with Gasteiger partial charge < -0.3 is 15.7 Å². The minimum atomic E-state index is -0.679. The highest BCUT2D eigenvalue weighted by Gasteiger charge is 2.09. The van der Waals surface area contributed by atoms with Crippen molar-refractivity contribution in [1.29, 1.82) is 0 Å². The highest BCUT2D eigenvalue weighted by atomic mass is 19.1. The second-order valence-corrected chi connectivity index (χ2v) is 5.14. The second-order valence-electron chi connectivity index (χ2n) is 5.14. The predicted molar refractivity (Wildman–Crippen MR) is 84.3 cm³/mol. The lowest BCUT2D eigenvalue weighted by atomic mass is 10.1.